The summed E-state index contributed by atoms with van der Waals surface area (Å²) >= 11 is 6.47. The molecule has 0 aliphatic carbocycles. The average molecular weight is 376 g/mol. The van der Waals surface area contributed by atoms with Crippen LogP contribution < -0.4 is 14.8 Å². The minimum absolute atomic E-state index is 0.290. The molecule has 1 N–H and O–H groups in total. The number of nitrogens with one attached hydrogen (secondary N) is 1. The Kier molecular flexibility index (Phi) is 6.72. The van der Waals surface area contributed by atoms with Crippen molar-refractivity contribution in [3.05, 3.63) is 52.8 Å². The molecule has 1 aliphatic rings. The highest BCUT2D eigenvalue weighted by Gasteiger charge is 2.24. The molecule has 1 fully saturated rings. The standard InChI is InChI=1S/C20H26ClN3O2/c1-3-9-26-20-17(21)10-15(11-19(20)25-2)14-24-8-7-23-13-18(24)16-5-4-6-22-12-16/h4-6,10-12,18,23H,3,7-9,13-14H2,1-2H3. The highest BCUT2D eigenvalue weighted by atomic mass is 35.5. The van der Waals surface area contributed by atoms with Gasteiger partial charge >= 0.3 is 0 Å². The van der Waals surface area contributed by atoms with E-state index in [9.17, 15) is 0 Å². The second-order valence-corrected chi connectivity index (χ2v) is 6.84. The number of hydrogen-bond donors (Lipinski definition) is 1. The van der Waals surface area contributed by atoms with Crippen molar-refractivity contribution in [1.29, 1.82) is 0 Å². The highest BCUT2D eigenvalue weighted by Crippen LogP contribution is 2.37. The van der Waals surface area contributed by atoms with Gasteiger partial charge in [0.25, 0.3) is 0 Å². The summed E-state index contributed by atoms with van der Waals surface area (Å²) < 4.78 is 11.3. The number of methoxy groups -OCH3 is 1. The summed E-state index contributed by atoms with van der Waals surface area (Å²) in [5.41, 5.74) is 2.34. The molecule has 140 valence electrons. The number of benzene rings is 1. The lowest BCUT2D eigenvalue weighted by atomic mass is 10.0. The fourth-order valence-corrected chi connectivity index (χ4v) is 3.57. The predicted molar refractivity (Wildman–Crippen MR) is 104 cm³/mol. The van der Waals surface area contributed by atoms with Gasteiger partial charge in [-0.15, -0.1) is 0 Å². The maximum absolute atomic E-state index is 6.47. The Labute approximate surface area is 160 Å². The van der Waals surface area contributed by atoms with Crippen LogP contribution in [0.15, 0.2) is 36.7 Å². The third kappa shape index (κ3) is 4.47. The van der Waals surface area contributed by atoms with E-state index in [1.165, 1.54) is 5.56 Å². The van der Waals surface area contributed by atoms with Gasteiger partial charge in [0, 0.05) is 44.6 Å². The van der Waals surface area contributed by atoms with Crippen LogP contribution in [0.25, 0.3) is 0 Å². The molecule has 3 rings (SSSR count). The summed E-state index contributed by atoms with van der Waals surface area (Å²) in [6.45, 7) is 6.33. The molecule has 1 atom stereocenters. The molecule has 0 saturated carbocycles. The summed E-state index contributed by atoms with van der Waals surface area (Å²) in [5.74, 6) is 1.32. The Balaban J connectivity index is 1.81. The monoisotopic (exact) mass is 375 g/mol. The molecule has 1 aromatic heterocycles. The van der Waals surface area contributed by atoms with Crippen molar-refractivity contribution in [1.82, 2.24) is 15.2 Å². The van der Waals surface area contributed by atoms with Crippen LogP contribution in [0.2, 0.25) is 5.02 Å². The van der Waals surface area contributed by atoms with Gasteiger partial charge in [-0.3, -0.25) is 9.88 Å². The number of hydrogen-bond acceptors (Lipinski definition) is 5. The molecule has 0 amide bonds. The molecular formula is C20H26ClN3O2. The van der Waals surface area contributed by atoms with E-state index >= 15 is 0 Å². The van der Waals surface area contributed by atoms with Gasteiger partial charge in [-0.05, 0) is 35.7 Å². The third-order valence-corrected chi connectivity index (χ3v) is 4.83. The van der Waals surface area contributed by atoms with Crippen LogP contribution in [0, 0.1) is 0 Å². The first-order chi connectivity index (χ1) is 12.7. The van der Waals surface area contributed by atoms with Gasteiger partial charge in [0.2, 0.25) is 0 Å². The molecule has 26 heavy (non-hydrogen) atoms. The van der Waals surface area contributed by atoms with Crippen molar-refractivity contribution in [2.24, 2.45) is 0 Å². The SMILES string of the molecule is CCCOc1c(Cl)cc(CN2CCNCC2c2cccnc2)cc1OC. The Bertz CT molecular complexity index is 712. The molecule has 1 aromatic carbocycles. The van der Waals surface area contributed by atoms with Crippen LogP contribution in [-0.2, 0) is 6.54 Å². The summed E-state index contributed by atoms with van der Waals surface area (Å²) in [5, 5.41) is 4.07. The van der Waals surface area contributed by atoms with Gasteiger partial charge in [-0.2, -0.15) is 0 Å². The zero-order valence-electron chi connectivity index (χ0n) is 15.4. The van der Waals surface area contributed by atoms with Gasteiger partial charge in [0.05, 0.1) is 18.7 Å². The minimum atomic E-state index is 0.290. The molecule has 5 nitrogen and oxygen atoms in total. The molecule has 1 aliphatic heterocycles. The molecule has 6 heteroatoms. The second-order valence-electron chi connectivity index (χ2n) is 6.43. The Morgan fingerprint density at radius 1 is 1.38 bits per heavy atom. The molecule has 0 spiro atoms. The van der Waals surface area contributed by atoms with Crippen LogP contribution in [0.5, 0.6) is 11.5 Å². The van der Waals surface area contributed by atoms with E-state index in [0.29, 0.717) is 29.2 Å². The minimum Gasteiger partial charge on any atom is -0.493 e. The van der Waals surface area contributed by atoms with Crippen molar-refractivity contribution >= 4 is 11.6 Å². The van der Waals surface area contributed by atoms with Gasteiger partial charge in [-0.1, -0.05) is 24.6 Å². The lowest BCUT2D eigenvalue weighted by molar-refractivity contribution is 0.153. The predicted octanol–water partition coefficient (Wildman–Crippen LogP) is 3.68. The van der Waals surface area contributed by atoms with Crippen LogP contribution in [0.4, 0.5) is 0 Å². The fourth-order valence-electron chi connectivity index (χ4n) is 3.28. The normalized spacial score (nSPS) is 17.9. The summed E-state index contributed by atoms with van der Waals surface area (Å²) in [7, 11) is 1.65. The molecule has 0 radical (unpaired) electrons. The zero-order valence-corrected chi connectivity index (χ0v) is 16.1. The van der Waals surface area contributed by atoms with Crippen molar-refractivity contribution in [2.45, 2.75) is 25.9 Å². The number of rotatable bonds is 7. The van der Waals surface area contributed by atoms with Gasteiger partial charge in [0.15, 0.2) is 11.5 Å². The van der Waals surface area contributed by atoms with Crippen LogP contribution in [-0.4, -0.2) is 43.2 Å². The Hall–Kier alpha value is -1.82. The number of aromatic nitrogens is 1. The first-order valence-corrected chi connectivity index (χ1v) is 9.44. The van der Waals surface area contributed by atoms with E-state index in [0.717, 1.165) is 38.2 Å². The summed E-state index contributed by atoms with van der Waals surface area (Å²) in [4.78, 5) is 6.72. The molecular weight excluding hydrogens is 350 g/mol. The Morgan fingerprint density at radius 3 is 3.00 bits per heavy atom. The summed E-state index contributed by atoms with van der Waals surface area (Å²) in [6, 6.07) is 8.42. The van der Waals surface area contributed by atoms with E-state index in [1.54, 1.807) is 7.11 Å². The fraction of sp³-hybridized carbons (Fsp3) is 0.450. The van der Waals surface area contributed by atoms with E-state index in [4.69, 9.17) is 21.1 Å². The van der Waals surface area contributed by atoms with Crippen LogP contribution in [0.1, 0.15) is 30.5 Å². The summed E-state index contributed by atoms with van der Waals surface area (Å²) in [6.07, 6.45) is 4.68. The number of pyridine rings is 1. The number of halogens is 1. The van der Waals surface area contributed by atoms with Gasteiger partial charge in [0.1, 0.15) is 0 Å². The van der Waals surface area contributed by atoms with E-state index in [1.807, 2.05) is 30.6 Å². The molecule has 2 heterocycles. The smallest absolute Gasteiger partial charge is 0.179 e. The quantitative estimate of drug-likeness (QED) is 0.799. The lowest BCUT2D eigenvalue weighted by Gasteiger charge is -2.36. The van der Waals surface area contributed by atoms with Crippen molar-refractivity contribution < 1.29 is 9.47 Å². The number of piperazine rings is 1. The van der Waals surface area contributed by atoms with Crippen molar-refractivity contribution in [2.75, 3.05) is 33.4 Å². The highest BCUT2D eigenvalue weighted by molar-refractivity contribution is 6.32. The molecule has 2 aromatic rings. The molecule has 0 bridgehead atoms. The molecule has 1 saturated heterocycles. The van der Waals surface area contributed by atoms with Gasteiger partial charge < -0.3 is 14.8 Å². The van der Waals surface area contributed by atoms with Crippen LogP contribution in [0.3, 0.4) is 0 Å². The van der Waals surface area contributed by atoms with Gasteiger partial charge in [-0.25, -0.2) is 0 Å². The first-order valence-electron chi connectivity index (χ1n) is 9.06. The van der Waals surface area contributed by atoms with Crippen LogP contribution >= 0.6 is 11.6 Å². The van der Waals surface area contributed by atoms with Crippen molar-refractivity contribution in [3.63, 3.8) is 0 Å². The average Bonchev–Trinajstić information content (AvgIpc) is 2.68. The third-order valence-electron chi connectivity index (χ3n) is 4.55. The number of ether oxygens (including phenoxy) is 2. The van der Waals surface area contributed by atoms with E-state index < -0.39 is 0 Å². The Morgan fingerprint density at radius 2 is 2.27 bits per heavy atom. The lowest BCUT2D eigenvalue weighted by Crippen LogP contribution is -2.45. The maximum atomic E-state index is 6.47. The van der Waals surface area contributed by atoms with E-state index in [-0.39, 0.29) is 0 Å². The molecule has 1 unspecified atom stereocenters. The largest absolute Gasteiger partial charge is 0.493 e. The number of nitrogens with zero attached hydrogens (tertiary/aromatic N) is 2. The second kappa shape index (κ2) is 9.21. The zero-order chi connectivity index (χ0) is 18.4. The topological polar surface area (TPSA) is 46.6 Å². The van der Waals surface area contributed by atoms with Crippen molar-refractivity contribution in [3.8, 4) is 11.5 Å². The first kappa shape index (κ1) is 19.0. The van der Waals surface area contributed by atoms with E-state index in [2.05, 4.69) is 28.2 Å². The maximum Gasteiger partial charge on any atom is 0.179 e.